The Hall–Kier alpha value is -3.45. The Labute approximate surface area is 214 Å². The summed E-state index contributed by atoms with van der Waals surface area (Å²) >= 11 is 0. The second-order valence-electron chi connectivity index (χ2n) is 11.0. The van der Waals surface area contributed by atoms with Crippen molar-refractivity contribution in [3.05, 3.63) is 89.9 Å². The van der Waals surface area contributed by atoms with Crippen LogP contribution in [0.1, 0.15) is 31.9 Å². The summed E-state index contributed by atoms with van der Waals surface area (Å²) in [5, 5.41) is 2.61. The summed E-state index contributed by atoms with van der Waals surface area (Å²) in [6, 6.07) is 18.9. The van der Waals surface area contributed by atoms with Gasteiger partial charge in [-0.05, 0) is 52.1 Å². The van der Waals surface area contributed by atoms with E-state index in [0.717, 1.165) is 16.3 Å². The molecule has 5 aromatic rings. The maximum Gasteiger partial charge on any atom is 0.419 e. The van der Waals surface area contributed by atoms with Gasteiger partial charge in [0.05, 0.1) is 0 Å². The molecule has 0 fully saturated rings. The molecule has 0 spiro atoms. The van der Waals surface area contributed by atoms with Crippen molar-refractivity contribution in [2.75, 3.05) is 0 Å². The van der Waals surface area contributed by atoms with Gasteiger partial charge in [-0.2, -0.15) is 13.2 Å². The summed E-state index contributed by atoms with van der Waals surface area (Å²) in [5.41, 5.74) is 1.28. The maximum absolute atomic E-state index is 14.6. The first-order valence-electron chi connectivity index (χ1n) is 12.1. The van der Waals surface area contributed by atoms with E-state index in [1.165, 1.54) is 24.4 Å². The number of halogens is 4. The van der Waals surface area contributed by atoms with Crippen LogP contribution in [0.25, 0.3) is 33.0 Å². The van der Waals surface area contributed by atoms with E-state index >= 15 is 0 Å². The predicted molar refractivity (Wildman–Crippen MR) is 144 cm³/mol. The number of pyridine rings is 1. The Morgan fingerprint density at radius 2 is 1.51 bits per heavy atom. The van der Waals surface area contributed by atoms with Gasteiger partial charge < -0.3 is 4.42 Å². The van der Waals surface area contributed by atoms with Crippen LogP contribution in [-0.4, -0.2) is 13.1 Å². The van der Waals surface area contributed by atoms with Crippen LogP contribution in [0.3, 0.4) is 0 Å². The van der Waals surface area contributed by atoms with Crippen LogP contribution in [0.4, 0.5) is 17.6 Å². The van der Waals surface area contributed by atoms with E-state index < -0.39 is 25.6 Å². The smallest absolute Gasteiger partial charge is 0.419 e. The fourth-order valence-electron chi connectivity index (χ4n) is 5.02. The number of furan rings is 1. The van der Waals surface area contributed by atoms with E-state index in [0.29, 0.717) is 16.4 Å². The molecule has 5 rings (SSSR count). The first-order valence-corrected chi connectivity index (χ1v) is 15.1. The Morgan fingerprint density at radius 1 is 0.838 bits per heavy atom. The molecule has 0 saturated carbocycles. The monoisotopic (exact) mass is 521 g/mol. The molecule has 2 nitrogen and oxygen atoms in total. The maximum atomic E-state index is 14.6. The molecule has 0 amide bonds. The van der Waals surface area contributed by atoms with Crippen LogP contribution < -0.4 is 10.6 Å². The van der Waals surface area contributed by atoms with Crippen molar-refractivity contribution in [2.24, 2.45) is 0 Å². The van der Waals surface area contributed by atoms with Gasteiger partial charge in [0.25, 0.3) is 0 Å². The minimum absolute atomic E-state index is 0.0133. The van der Waals surface area contributed by atoms with Crippen LogP contribution in [0.15, 0.2) is 77.3 Å². The Kier molecular flexibility index (Phi) is 5.83. The van der Waals surface area contributed by atoms with Gasteiger partial charge in [-0.15, -0.1) is 0 Å². The van der Waals surface area contributed by atoms with Gasteiger partial charge in [0.1, 0.15) is 22.5 Å². The minimum Gasteiger partial charge on any atom is -0.463 e. The summed E-state index contributed by atoms with van der Waals surface area (Å²) in [7, 11) is -3.01. The number of benzene rings is 3. The standard InChI is InChI=1S/C30H27F4NOSi/c1-29(2,3)24-17-19(16-18-8-6-7-9-22(18)24)26-27-23(14-15-35-26)25(30(32,33)34)28(36-27)37(4,5)21-12-10-20(31)11-13-21/h6-17H,1-5H3. The molecule has 190 valence electrons. The molecule has 0 N–H and O–H groups in total. The highest BCUT2D eigenvalue weighted by Crippen LogP contribution is 2.41. The van der Waals surface area contributed by atoms with Crippen molar-refractivity contribution in [3.8, 4) is 11.3 Å². The second-order valence-corrected chi connectivity index (χ2v) is 15.2. The van der Waals surface area contributed by atoms with Crippen LogP contribution in [-0.2, 0) is 11.6 Å². The van der Waals surface area contributed by atoms with E-state index in [1.54, 1.807) is 25.2 Å². The summed E-state index contributed by atoms with van der Waals surface area (Å²) in [6.45, 7) is 9.89. The van der Waals surface area contributed by atoms with Gasteiger partial charge in [0.2, 0.25) is 0 Å². The third-order valence-corrected chi connectivity index (χ3v) is 10.2. The number of hydrogen-bond donors (Lipinski definition) is 0. The highest BCUT2D eigenvalue weighted by atomic mass is 28.3. The lowest BCUT2D eigenvalue weighted by atomic mass is 9.82. The Morgan fingerprint density at radius 3 is 2.16 bits per heavy atom. The average Bonchev–Trinajstić information content (AvgIpc) is 3.24. The number of hydrogen-bond acceptors (Lipinski definition) is 2. The number of nitrogens with zero attached hydrogens (tertiary/aromatic N) is 1. The predicted octanol–water partition coefficient (Wildman–Crippen LogP) is 7.93. The summed E-state index contributed by atoms with van der Waals surface area (Å²) in [6.07, 6.45) is -3.23. The topological polar surface area (TPSA) is 26.0 Å². The molecule has 0 aliphatic heterocycles. The summed E-state index contributed by atoms with van der Waals surface area (Å²) < 4.78 is 63.5. The van der Waals surface area contributed by atoms with E-state index in [4.69, 9.17) is 4.42 Å². The first kappa shape index (κ1) is 25.2. The molecular formula is C30H27F4NOSi. The largest absolute Gasteiger partial charge is 0.463 e. The van der Waals surface area contributed by atoms with Crippen molar-refractivity contribution < 1.29 is 22.0 Å². The zero-order valence-electron chi connectivity index (χ0n) is 21.3. The molecule has 0 atom stereocenters. The zero-order chi connectivity index (χ0) is 26.8. The van der Waals surface area contributed by atoms with Gasteiger partial charge in [-0.3, -0.25) is 4.98 Å². The summed E-state index contributed by atoms with van der Waals surface area (Å²) in [4.78, 5) is 4.51. The Bertz CT molecular complexity index is 1630. The van der Waals surface area contributed by atoms with E-state index in [1.807, 2.05) is 30.3 Å². The molecule has 0 radical (unpaired) electrons. The normalized spacial score (nSPS) is 13.0. The molecule has 0 unspecified atom stereocenters. The lowest BCUT2D eigenvalue weighted by Crippen LogP contribution is -2.54. The molecule has 2 aromatic heterocycles. The van der Waals surface area contributed by atoms with Crippen LogP contribution in [0.2, 0.25) is 13.1 Å². The number of aromatic nitrogens is 1. The van der Waals surface area contributed by atoms with Crippen LogP contribution in [0, 0.1) is 5.82 Å². The molecule has 37 heavy (non-hydrogen) atoms. The van der Waals surface area contributed by atoms with Crippen molar-refractivity contribution in [2.45, 2.75) is 45.5 Å². The number of alkyl halides is 3. The fourth-order valence-corrected chi connectivity index (χ4v) is 7.54. The van der Waals surface area contributed by atoms with Gasteiger partial charge >= 0.3 is 6.18 Å². The molecular weight excluding hydrogens is 494 g/mol. The van der Waals surface area contributed by atoms with Gasteiger partial charge in [0, 0.05) is 17.1 Å². The van der Waals surface area contributed by atoms with E-state index in [-0.39, 0.29) is 21.8 Å². The fraction of sp³-hybridized carbons (Fsp3) is 0.233. The lowest BCUT2D eigenvalue weighted by Gasteiger charge is -2.23. The van der Waals surface area contributed by atoms with Crippen molar-refractivity contribution in [1.82, 2.24) is 4.98 Å². The van der Waals surface area contributed by atoms with Gasteiger partial charge in [0.15, 0.2) is 13.7 Å². The number of rotatable bonds is 3. The highest BCUT2D eigenvalue weighted by molar-refractivity contribution is 7.00. The van der Waals surface area contributed by atoms with Crippen LogP contribution in [0.5, 0.6) is 0 Å². The van der Waals surface area contributed by atoms with E-state index in [9.17, 15) is 17.6 Å². The quantitative estimate of drug-likeness (QED) is 0.178. The summed E-state index contributed by atoms with van der Waals surface area (Å²) in [5.74, 6) is -0.438. The average molecular weight is 522 g/mol. The SMILES string of the molecule is CC(C)(C)c1cc(-c2nccc3c(C(F)(F)F)c([Si](C)(C)c4ccc(F)cc4)oc23)cc2ccccc12. The molecule has 0 saturated heterocycles. The molecule has 3 aromatic carbocycles. The third kappa shape index (κ3) is 4.35. The van der Waals surface area contributed by atoms with Crippen LogP contribution >= 0.6 is 0 Å². The molecule has 0 aliphatic carbocycles. The van der Waals surface area contributed by atoms with E-state index in [2.05, 4.69) is 31.8 Å². The van der Waals surface area contributed by atoms with Crippen molar-refractivity contribution >= 4 is 40.4 Å². The molecule has 2 heterocycles. The van der Waals surface area contributed by atoms with Gasteiger partial charge in [-0.25, -0.2) is 4.39 Å². The molecule has 7 heteroatoms. The van der Waals surface area contributed by atoms with Crippen molar-refractivity contribution in [1.29, 1.82) is 0 Å². The zero-order valence-corrected chi connectivity index (χ0v) is 22.3. The lowest BCUT2D eigenvalue weighted by molar-refractivity contribution is -0.135. The number of fused-ring (bicyclic) bond motifs is 2. The third-order valence-electron chi connectivity index (χ3n) is 6.97. The highest BCUT2D eigenvalue weighted by Gasteiger charge is 2.45. The minimum atomic E-state index is -4.64. The molecule has 0 bridgehead atoms. The second kappa shape index (κ2) is 8.55. The van der Waals surface area contributed by atoms with Crippen molar-refractivity contribution in [3.63, 3.8) is 0 Å². The van der Waals surface area contributed by atoms with Gasteiger partial charge in [-0.1, -0.05) is 75.5 Å². The Balaban J connectivity index is 1.82. The first-order chi connectivity index (χ1) is 17.3. The molecule has 0 aliphatic rings.